The second-order valence-electron chi connectivity index (χ2n) is 2.91. The van der Waals surface area contributed by atoms with E-state index in [1.54, 1.807) is 0 Å². The highest BCUT2D eigenvalue weighted by Crippen LogP contribution is 2.12. The first-order valence-corrected chi connectivity index (χ1v) is 3.73. The van der Waals surface area contributed by atoms with Crippen molar-refractivity contribution in [1.29, 1.82) is 0 Å². The molecule has 0 rings (SSSR count). The number of carbonyl (C=O) groups is 1. The average molecular weight is 178 g/mol. The lowest BCUT2D eigenvalue weighted by Gasteiger charge is -2.14. The summed E-state index contributed by atoms with van der Waals surface area (Å²) in [6.07, 6.45) is 0.348. The van der Waals surface area contributed by atoms with E-state index in [0.29, 0.717) is 6.42 Å². The van der Waals surface area contributed by atoms with Gasteiger partial charge in [0.1, 0.15) is 0 Å². The first-order chi connectivity index (χ1) is 5.33. The van der Waals surface area contributed by atoms with Gasteiger partial charge in [-0.15, -0.1) is 0 Å². The molecule has 0 saturated heterocycles. The van der Waals surface area contributed by atoms with Crippen LogP contribution in [0.4, 0.5) is 0 Å². The molecule has 0 saturated carbocycles. The van der Waals surface area contributed by atoms with Crippen LogP contribution in [0, 0.1) is 5.92 Å². The summed E-state index contributed by atoms with van der Waals surface area (Å²) in [6.45, 7) is 1.52. The fourth-order valence-electron chi connectivity index (χ4n) is 0.769. The van der Waals surface area contributed by atoms with Crippen molar-refractivity contribution in [2.45, 2.75) is 32.2 Å². The second-order valence-corrected chi connectivity index (χ2v) is 2.91. The summed E-state index contributed by atoms with van der Waals surface area (Å²) in [4.78, 5) is 10.3. The Balaban J connectivity index is 3.51. The van der Waals surface area contributed by atoms with E-state index >= 15 is 0 Å². The highest BCUT2D eigenvalue weighted by atomic mass is 16.7. The third-order valence-electron chi connectivity index (χ3n) is 1.57. The molecule has 0 aliphatic rings. The Labute approximate surface area is 70.3 Å². The van der Waals surface area contributed by atoms with Crippen molar-refractivity contribution in [3.8, 4) is 0 Å². The molecule has 4 N–H and O–H groups in total. The SMILES string of the molecule is CC(CCCC(O)(O)O)C(=O)O. The topological polar surface area (TPSA) is 98.0 Å². The normalized spacial score (nSPS) is 14.3. The van der Waals surface area contributed by atoms with Crippen molar-refractivity contribution >= 4 is 5.97 Å². The predicted molar refractivity (Wildman–Crippen MR) is 40.0 cm³/mol. The van der Waals surface area contributed by atoms with Crippen LogP contribution in [0.5, 0.6) is 0 Å². The molecule has 0 amide bonds. The minimum absolute atomic E-state index is 0.232. The molecular weight excluding hydrogens is 164 g/mol. The molecule has 1 atom stereocenters. The van der Waals surface area contributed by atoms with Gasteiger partial charge in [-0.25, -0.2) is 0 Å². The smallest absolute Gasteiger partial charge is 0.306 e. The number of hydrogen-bond acceptors (Lipinski definition) is 4. The zero-order valence-corrected chi connectivity index (χ0v) is 6.90. The second kappa shape index (κ2) is 4.39. The summed E-state index contributed by atoms with van der Waals surface area (Å²) < 4.78 is 0. The molecule has 0 aromatic rings. The highest BCUT2D eigenvalue weighted by Gasteiger charge is 2.19. The van der Waals surface area contributed by atoms with Crippen LogP contribution in [0.1, 0.15) is 26.2 Å². The van der Waals surface area contributed by atoms with Gasteiger partial charge < -0.3 is 20.4 Å². The maximum atomic E-state index is 10.3. The van der Waals surface area contributed by atoms with E-state index in [2.05, 4.69) is 0 Å². The number of carboxylic acid groups (broad SMARTS) is 1. The fraction of sp³-hybridized carbons (Fsp3) is 0.857. The molecule has 0 aliphatic carbocycles. The minimum atomic E-state index is -2.67. The van der Waals surface area contributed by atoms with Crippen LogP contribution in [0.25, 0.3) is 0 Å². The third-order valence-corrected chi connectivity index (χ3v) is 1.57. The number of hydrogen-bond donors (Lipinski definition) is 4. The van der Waals surface area contributed by atoms with E-state index in [1.807, 2.05) is 0 Å². The Morgan fingerprint density at radius 3 is 2.25 bits per heavy atom. The molecule has 0 aliphatic heterocycles. The lowest BCUT2D eigenvalue weighted by molar-refractivity contribution is -0.315. The molecule has 0 heterocycles. The summed E-state index contributed by atoms with van der Waals surface area (Å²) in [5.74, 6) is -4.11. The summed E-state index contributed by atoms with van der Waals surface area (Å²) in [6, 6.07) is 0. The molecule has 0 aromatic carbocycles. The van der Waals surface area contributed by atoms with Crippen molar-refractivity contribution in [1.82, 2.24) is 0 Å². The van der Waals surface area contributed by atoms with Crippen molar-refractivity contribution in [3.63, 3.8) is 0 Å². The standard InChI is InChI=1S/C7H14O5/c1-5(6(8)9)3-2-4-7(10,11)12/h5,10-12H,2-4H2,1H3,(H,8,9). The van der Waals surface area contributed by atoms with Crippen LogP contribution in [-0.2, 0) is 4.79 Å². The largest absolute Gasteiger partial charge is 0.481 e. The Kier molecular flexibility index (Phi) is 4.16. The van der Waals surface area contributed by atoms with E-state index < -0.39 is 17.9 Å². The van der Waals surface area contributed by atoms with Crippen molar-refractivity contribution < 1.29 is 25.2 Å². The maximum absolute atomic E-state index is 10.3. The molecule has 12 heavy (non-hydrogen) atoms. The lowest BCUT2D eigenvalue weighted by Crippen LogP contribution is -2.27. The quantitative estimate of drug-likeness (QED) is 0.426. The maximum Gasteiger partial charge on any atom is 0.306 e. The Morgan fingerprint density at radius 1 is 1.42 bits per heavy atom. The van der Waals surface area contributed by atoms with Gasteiger partial charge in [0.2, 0.25) is 0 Å². The van der Waals surface area contributed by atoms with E-state index in [0.717, 1.165) is 0 Å². The van der Waals surface area contributed by atoms with Crippen LogP contribution in [0.3, 0.4) is 0 Å². The first-order valence-electron chi connectivity index (χ1n) is 3.73. The van der Waals surface area contributed by atoms with E-state index in [4.69, 9.17) is 20.4 Å². The summed E-state index contributed by atoms with van der Waals surface area (Å²) in [5, 5.41) is 33.7. The van der Waals surface area contributed by atoms with Crippen LogP contribution in [0.15, 0.2) is 0 Å². The number of rotatable bonds is 5. The Morgan fingerprint density at radius 2 is 1.92 bits per heavy atom. The highest BCUT2D eigenvalue weighted by molar-refractivity contribution is 5.69. The average Bonchev–Trinajstić information content (AvgIpc) is 1.84. The molecule has 0 spiro atoms. The van der Waals surface area contributed by atoms with Crippen LogP contribution in [-0.4, -0.2) is 32.4 Å². The van der Waals surface area contributed by atoms with E-state index in [1.165, 1.54) is 6.92 Å². The van der Waals surface area contributed by atoms with Gasteiger partial charge in [0, 0.05) is 6.42 Å². The van der Waals surface area contributed by atoms with Crippen molar-refractivity contribution in [2.75, 3.05) is 0 Å². The Bertz CT molecular complexity index is 148. The summed E-state index contributed by atoms with van der Waals surface area (Å²) in [5.41, 5.74) is 0. The van der Waals surface area contributed by atoms with Gasteiger partial charge in [0.15, 0.2) is 0 Å². The van der Waals surface area contributed by atoms with Gasteiger partial charge in [-0.1, -0.05) is 6.92 Å². The van der Waals surface area contributed by atoms with Gasteiger partial charge in [-0.3, -0.25) is 4.79 Å². The van der Waals surface area contributed by atoms with Crippen LogP contribution >= 0.6 is 0 Å². The number of aliphatic hydroxyl groups is 3. The molecule has 0 bridgehead atoms. The van der Waals surface area contributed by atoms with E-state index in [-0.39, 0.29) is 12.8 Å². The summed E-state index contributed by atoms with van der Waals surface area (Å²) in [7, 11) is 0. The van der Waals surface area contributed by atoms with Crippen molar-refractivity contribution in [2.24, 2.45) is 5.92 Å². The van der Waals surface area contributed by atoms with E-state index in [9.17, 15) is 4.79 Å². The zero-order valence-electron chi connectivity index (χ0n) is 6.90. The van der Waals surface area contributed by atoms with Gasteiger partial charge in [-0.05, 0) is 12.8 Å². The molecule has 1 unspecified atom stereocenters. The number of aliphatic carboxylic acids is 1. The van der Waals surface area contributed by atoms with Gasteiger partial charge in [-0.2, -0.15) is 0 Å². The molecule has 72 valence electrons. The molecular formula is C7H14O5. The molecule has 0 radical (unpaired) electrons. The first kappa shape index (κ1) is 11.4. The van der Waals surface area contributed by atoms with Crippen molar-refractivity contribution in [3.05, 3.63) is 0 Å². The third kappa shape index (κ3) is 6.09. The number of carboxylic acids is 1. The lowest BCUT2D eigenvalue weighted by atomic mass is 10.0. The van der Waals surface area contributed by atoms with Gasteiger partial charge >= 0.3 is 5.97 Å². The van der Waals surface area contributed by atoms with Crippen LogP contribution < -0.4 is 0 Å². The fourth-order valence-corrected chi connectivity index (χ4v) is 0.769. The van der Waals surface area contributed by atoms with Gasteiger partial charge in [0.25, 0.3) is 5.97 Å². The minimum Gasteiger partial charge on any atom is -0.481 e. The summed E-state index contributed by atoms with van der Waals surface area (Å²) >= 11 is 0. The molecule has 5 nitrogen and oxygen atoms in total. The molecule has 0 aromatic heterocycles. The molecule has 0 fully saturated rings. The predicted octanol–water partition coefficient (Wildman–Crippen LogP) is -0.492. The zero-order chi connectivity index (χ0) is 9.78. The Hall–Kier alpha value is -0.650. The van der Waals surface area contributed by atoms with Crippen LogP contribution in [0.2, 0.25) is 0 Å². The monoisotopic (exact) mass is 178 g/mol. The molecule has 5 heteroatoms. The van der Waals surface area contributed by atoms with Gasteiger partial charge in [0.05, 0.1) is 5.92 Å².